The molecule has 1 N–H and O–H groups in total. The molecule has 2 saturated carbocycles. The number of nitrogens with zero attached hydrogens (tertiary/aromatic N) is 3. The van der Waals surface area contributed by atoms with Crippen LogP contribution < -0.4 is 14.8 Å². The van der Waals surface area contributed by atoms with Crippen molar-refractivity contribution >= 4 is 28.8 Å². The highest BCUT2D eigenvalue weighted by atomic mass is 19.3. The van der Waals surface area contributed by atoms with Gasteiger partial charge >= 0.3 is 6.09 Å². The predicted octanol–water partition coefficient (Wildman–Crippen LogP) is 6.33. The fourth-order valence-electron chi connectivity index (χ4n) is 8.22. The summed E-state index contributed by atoms with van der Waals surface area (Å²) in [6.45, 7) is 3.16. The second-order valence-corrected chi connectivity index (χ2v) is 13.9. The van der Waals surface area contributed by atoms with Gasteiger partial charge in [0.25, 0.3) is 5.92 Å². The highest BCUT2D eigenvalue weighted by Crippen LogP contribution is 2.41. The van der Waals surface area contributed by atoms with Gasteiger partial charge in [-0.3, -0.25) is 9.59 Å². The highest BCUT2D eigenvalue weighted by molar-refractivity contribution is 5.92. The maximum atomic E-state index is 16.1. The van der Waals surface area contributed by atoms with Crippen molar-refractivity contribution in [1.29, 1.82) is 0 Å². The van der Waals surface area contributed by atoms with E-state index in [9.17, 15) is 14.4 Å². The molecule has 1 saturated heterocycles. The summed E-state index contributed by atoms with van der Waals surface area (Å²) in [7, 11) is 1.50. The van der Waals surface area contributed by atoms with Crippen LogP contribution in [0.15, 0.2) is 18.2 Å². The van der Waals surface area contributed by atoms with Crippen LogP contribution in [0.3, 0.4) is 0 Å². The van der Waals surface area contributed by atoms with E-state index >= 15 is 8.78 Å². The Morgan fingerprint density at radius 3 is 2.40 bits per heavy atom. The molecule has 10 nitrogen and oxygen atoms in total. The molecule has 3 fully saturated rings. The SMILES string of the molecule is COc1ccc2nc3c(nc2c1)O[C@H]1CN(C(=O)[C@H](C2CCCCC2)NC(=O)O[C@@H]2CCC[C@H]2CCCCC3(F)F)[C@H](C(C)=O)[C@@H]1C. The Morgan fingerprint density at radius 1 is 0.936 bits per heavy atom. The van der Waals surface area contributed by atoms with Crippen LogP contribution in [0.4, 0.5) is 13.6 Å². The van der Waals surface area contributed by atoms with Crippen molar-refractivity contribution < 1.29 is 37.4 Å². The third kappa shape index (κ3) is 7.02. The number of fused-ring (bicyclic) bond motifs is 5. The maximum Gasteiger partial charge on any atom is 0.408 e. The predicted molar refractivity (Wildman–Crippen MR) is 169 cm³/mol. The number of rotatable bonds is 3. The van der Waals surface area contributed by atoms with Crippen LogP contribution in [-0.4, -0.2) is 70.6 Å². The number of nitrogens with one attached hydrogen (secondary N) is 1. The Balaban J connectivity index is 1.40. The lowest BCUT2D eigenvalue weighted by Gasteiger charge is -2.34. The summed E-state index contributed by atoms with van der Waals surface area (Å²) in [5, 5.41) is 2.93. The van der Waals surface area contributed by atoms with Gasteiger partial charge in [-0.15, -0.1) is 0 Å². The van der Waals surface area contributed by atoms with Gasteiger partial charge in [0.05, 0.1) is 30.7 Å². The average Bonchev–Trinajstić information content (AvgIpc) is 3.63. The largest absolute Gasteiger partial charge is 0.497 e. The number of alkyl halides is 2. The number of aromatic nitrogens is 2. The number of Topliss-reactive ketones (excluding diaryl/α,β-unsaturated/α-hetero) is 1. The Labute approximate surface area is 274 Å². The third-order valence-corrected chi connectivity index (χ3v) is 10.8. The summed E-state index contributed by atoms with van der Waals surface area (Å²) in [5.74, 6) is -4.38. The molecule has 4 aliphatic rings. The lowest BCUT2D eigenvalue weighted by Crippen LogP contribution is -2.55. The van der Waals surface area contributed by atoms with E-state index in [4.69, 9.17) is 14.2 Å². The van der Waals surface area contributed by atoms with Crippen LogP contribution in [0.1, 0.15) is 96.6 Å². The number of carbonyl (C=O) groups is 3. The summed E-state index contributed by atoms with van der Waals surface area (Å²) in [4.78, 5) is 51.2. The molecule has 1 aromatic carbocycles. The van der Waals surface area contributed by atoms with Gasteiger partial charge in [-0.05, 0) is 75.8 Å². The van der Waals surface area contributed by atoms with E-state index in [2.05, 4.69) is 15.3 Å². The normalized spacial score (nSPS) is 30.7. The molecule has 0 radical (unpaired) electrons. The number of amides is 2. The van der Waals surface area contributed by atoms with Crippen LogP contribution in [0.5, 0.6) is 11.6 Å². The monoisotopic (exact) mass is 656 g/mol. The molecule has 1 aromatic heterocycles. The van der Waals surface area contributed by atoms with E-state index in [1.54, 1.807) is 25.1 Å². The van der Waals surface area contributed by atoms with Gasteiger partial charge in [0.1, 0.15) is 24.0 Å². The van der Waals surface area contributed by atoms with Crippen LogP contribution >= 0.6 is 0 Å². The zero-order valence-electron chi connectivity index (χ0n) is 27.5. The Morgan fingerprint density at radius 2 is 1.66 bits per heavy atom. The zero-order chi connectivity index (χ0) is 33.3. The lowest BCUT2D eigenvalue weighted by atomic mass is 9.83. The van der Waals surface area contributed by atoms with Gasteiger partial charge in [-0.1, -0.05) is 32.6 Å². The van der Waals surface area contributed by atoms with Crippen LogP contribution in [0.25, 0.3) is 11.0 Å². The van der Waals surface area contributed by atoms with Crippen LogP contribution in [0.2, 0.25) is 0 Å². The van der Waals surface area contributed by atoms with Gasteiger partial charge < -0.3 is 24.4 Å². The molecule has 2 aliphatic carbocycles. The number of benzene rings is 1. The van der Waals surface area contributed by atoms with E-state index < -0.39 is 48.2 Å². The fourth-order valence-corrected chi connectivity index (χ4v) is 8.22. The first-order chi connectivity index (χ1) is 22.6. The van der Waals surface area contributed by atoms with Crippen molar-refractivity contribution in [3.8, 4) is 11.6 Å². The Hall–Kier alpha value is -3.57. The maximum absolute atomic E-state index is 16.1. The molecule has 2 aromatic rings. The second kappa shape index (κ2) is 13.9. The van der Waals surface area contributed by atoms with E-state index in [0.717, 1.165) is 44.9 Å². The average molecular weight is 657 g/mol. The van der Waals surface area contributed by atoms with Crippen molar-refractivity contribution in [2.24, 2.45) is 17.8 Å². The molecular formula is C35H46F2N4O6. The highest BCUT2D eigenvalue weighted by Gasteiger charge is 2.49. The molecule has 6 rings (SSSR count). The standard InChI is InChI=1S/C35H46F2N4O6/c1-20-28-19-41(30(20)21(2)42)33(43)29(23-11-5-4-6-12-23)40-34(44)47-27-14-9-13-22(27)10-7-8-17-35(36,37)31-32(46-28)39-26-18-24(45-3)15-16-25(26)38-31/h15-16,18,20,22-23,27-30H,4-14,17,19H2,1-3H3,(H,40,44)/t20-,22-,27-,28+,29+,30+/m1/s1. The minimum absolute atomic E-state index is 0.0300. The van der Waals surface area contributed by atoms with E-state index in [1.807, 2.05) is 0 Å². The van der Waals surface area contributed by atoms with Gasteiger partial charge in [0, 0.05) is 18.4 Å². The molecule has 3 heterocycles. The number of methoxy groups -OCH3 is 1. The molecule has 0 unspecified atom stereocenters. The van der Waals surface area contributed by atoms with Gasteiger partial charge in [-0.25, -0.2) is 14.8 Å². The topological polar surface area (TPSA) is 120 Å². The minimum atomic E-state index is -3.35. The van der Waals surface area contributed by atoms with Crippen molar-refractivity contribution in [2.45, 2.75) is 121 Å². The van der Waals surface area contributed by atoms with E-state index in [-0.39, 0.29) is 54.0 Å². The zero-order valence-corrected chi connectivity index (χ0v) is 27.5. The Kier molecular flexibility index (Phi) is 9.85. The third-order valence-electron chi connectivity index (χ3n) is 10.8. The number of ether oxygens (including phenoxy) is 3. The van der Waals surface area contributed by atoms with Crippen LogP contribution in [-0.2, 0) is 20.2 Å². The molecular weight excluding hydrogens is 610 g/mol. The molecule has 47 heavy (non-hydrogen) atoms. The number of carbonyl (C=O) groups excluding carboxylic acids is 3. The quantitative estimate of drug-likeness (QED) is 0.407. The smallest absolute Gasteiger partial charge is 0.408 e. The van der Waals surface area contributed by atoms with Crippen molar-refractivity contribution in [2.75, 3.05) is 13.7 Å². The van der Waals surface area contributed by atoms with Crippen molar-refractivity contribution in [3.63, 3.8) is 0 Å². The Bertz CT molecular complexity index is 1480. The molecule has 2 bridgehead atoms. The molecule has 256 valence electrons. The molecule has 0 spiro atoms. The number of alkyl carbamates (subject to hydrolysis) is 1. The van der Waals surface area contributed by atoms with Gasteiger partial charge in [0.15, 0.2) is 11.5 Å². The first-order valence-electron chi connectivity index (χ1n) is 17.2. The summed E-state index contributed by atoms with van der Waals surface area (Å²) >= 11 is 0. The van der Waals surface area contributed by atoms with Gasteiger partial charge in [-0.2, -0.15) is 8.78 Å². The number of ketones is 1. The van der Waals surface area contributed by atoms with E-state index in [0.29, 0.717) is 30.5 Å². The first kappa shape index (κ1) is 33.3. The minimum Gasteiger partial charge on any atom is -0.497 e. The fraction of sp³-hybridized carbons (Fsp3) is 0.686. The number of hydrogen-bond acceptors (Lipinski definition) is 8. The summed E-state index contributed by atoms with van der Waals surface area (Å²) in [5.41, 5.74) is 0.0574. The number of halogens is 2. The van der Waals surface area contributed by atoms with Crippen molar-refractivity contribution in [3.05, 3.63) is 23.9 Å². The van der Waals surface area contributed by atoms with Gasteiger partial charge in [0.2, 0.25) is 11.8 Å². The molecule has 2 aliphatic heterocycles. The molecule has 12 heteroatoms. The van der Waals surface area contributed by atoms with Crippen molar-refractivity contribution in [1.82, 2.24) is 20.2 Å². The van der Waals surface area contributed by atoms with Crippen LogP contribution in [0, 0.1) is 17.8 Å². The molecule has 2 amide bonds. The summed E-state index contributed by atoms with van der Waals surface area (Å²) in [6.07, 6.45) is 6.10. The lowest BCUT2D eigenvalue weighted by molar-refractivity contribution is -0.140. The second-order valence-electron chi connectivity index (χ2n) is 13.9. The molecule has 6 atom stereocenters. The summed E-state index contributed by atoms with van der Waals surface area (Å²) < 4.78 is 49.7. The summed E-state index contributed by atoms with van der Waals surface area (Å²) in [6, 6.07) is 3.11. The number of hydrogen-bond donors (Lipinski definition) is 1. The van der Waals surface area contributed by atoms with E-state index in [1.165, 1.54) is 18.9 Å². The first-order valence-corrected chi connectivity index (χ1v) is 17.2.